The first-order valence-corrected chi connectivity index (χ1v) is 7.93. The Labute approximate surface area is 131 Å². The van der Waals surface area contributed by atoms with Gasteiger partial charge in [0.05, 0.1) is 11.1 Å². The lowest BCUT2D eigenvalue weighted by Gasteiger charge is -2.28. The molecule has 116 valence electrons. The molecule has 1 fully saturated rings. The molecule has 0 spiro atoms. The lowest BCUT2D eigenvalue weighted by atomic mass is 9.91. The van der Waals surface area contributed by atoms with Crippen LogP contribution in [0.1, 0.15) is 59.2 Å². The predicted molar refractivity (Wildman–Crippen MR) is 79.7 cm³/mol. The topological polar surface area (TPSA) is 83.6 Å². The van der Waals surface area contributed by atoms with E-state index < -0.39 is 23.8 Å². The second-order valence-electron chi connectivity index (χ2n) is 6.55. The highest BCUT2D eigenvalue weighted by Crippen LogP contribution is 2.39. The molecule has 1 saturated heterocycles. The molecule has 2 aliphatic heterocycles. The Morgan fingerprint density at radius 1 is 1.18 bits per heavy atom. The second-order valence-corrected chi connectivity index (χ2v) is 7.43. The van der Waals surface area contributed by atoms with Gasteiger partial charge in [-0.1, -0.05) is 20.8 Å². The summed E-state index contributed by atoms with van der Waals surface area (Å²) >= 11 is 1.39. The smallest absolute Gasteiger partial charge is 0.263 e. The van der Waals surface area contributed by atoms with Crippen molar-refractivity contribution >= 4 is 35.0 Å². The molecule has 2 aliphatic rings. The highest BCUT2D eigenvalue weighted by atomic mass is 32.1. The quantitative estimate of drug-likeness (QED) is 0.794. The van der Waals surface area contributed by atoms with Crippen LogP contribution in [0, 0.1) is 0 Å². The van der Waals surface area contributed by atoms with E-state index in [0.717, 1.165) is 9.78 Å². The summed E-state index contributed by atoms with van der Waals surface area (Å²) < 4.78 is 0. The third kappa shape index (κ3) is 2.08. The number of nitrogens with one attached hydrogen (secondary N) is 1. The van der Waals surface area contributed by atoms with Crippen LogP contribution in [0.2, 0.25) is 0 Å². The van der Waals surface area contributed by atoms with E-state index in [2.05, 4.69) is 5.32 Å². The Kier molecular flexibility index (Phi) is 3.21. The summed E-state index contributed by atoms with van der Waals surface area (Å²) in [6.45, 7) is 5.93. The van der Waals surface area contributed by atoms with Crippen molar-refractivity contribution in [1.29, 1.82) is 0 Å². The van der Waals surface area contributed by atoms with Crippen LogP contribution in [-0.2, 0) is 15.0 Å². The van der Waals surface area contributed by atoms with Gasteiger partial charge in [-0.25, -0.2) is 0 Å². The van der Waals surface area contributed by atoms with Crippen molar-refractivity contribution in [1.82, 2.24) is 10.2 Å². The minimum Gasteiger partial charge on any atom is -0.295 e. The van der Waals surface area contributed by atoms with E-state index >= 15 is 0 Å². The highest BCUT2D eigenvalue weighted by Gasteiger charge is 2.47. The zero-order valence-corrected chi connectivity index (χ0v) is 13.4. The monoisotopic (exact) mass is 320 g/mol. The Hall–Kier alpha value is -2.02. The zero-order valence-electron chi connectivity index (χ0n) is 12.6. The molecule has 4 amide bonds. The van der Waals surface area contributed by atoms with Gasteiger partial charge in [0.25, 0.3) is 11.8 Å². The molecular formula is C15H16N2O4S. The van der Waals surface area contributed by atoms with E-state index in [1.807, 2.05) is 20.8 Å². The molecule has 1 aromatic rings. The van der Waals surface area contributed by atoms with Crippen LogP contribution in [0.4, 0.5) is 0 Å². The standard InChI is InChI=1S/C15H16N2O4S/c1-15(2,3)11-10-7(6-22-11)13(20)17(14(10)21)8-4-5-9(18)16-12(8)19/h6,8H,4-5H2,1-3H3,(H,16,18,19). The van der Waals surface area contributed by atoms with Gasteiger partial charge in [-0.15, -0.1) is 11.3 Å². The zero-order chi connectivity index (χ0) is 16.2. The van der Waals surface area contributed by atoms with E-state index in [4.69, 9.17) is 0 Å². The van der Waals surface area contributed by atoms with E-state index in [0.29, 0.717) is 11.1 Å². The Morgan fingerprint density at radius 3 is 2.45 bits per heavy atom. The van der Waals surface area contributed by atoms with E-state index in [-0.39, 0.29) is 24.2 Å². The van der Waals surface area contributed by atoms with Gasteiger partial charge >= 0.3 is 0 Å². The van der Waals surface area contributed by atoms with Crippen LogP contribution < -0.4 is 5.32 Å². The fourth-order valence-corrected chi connectivity index (χ4v) is 3.96. The van der Waals surface area contributed by atoms with Gasteiger partial charge in [-0.2, -0.15) is 0 Å². The normalized spacial score (nSPS) is 22.1. The molecule has 0 bridgehead atoms. The van der Waals surface area contributed by atoms with Gasteiger partial charge in [-0.05, 0) is 11.8 Å². The van der Waals surface area contributed by atoms with Crippen molar-refractivity contribution in [3.63, 3.8) is 0 Å². The minimum atomic E-state index is -0.900. The Bertz CT molecular complexity index is 714. The number of hydrogen-bond acceptors (Lipinski definition) is 5. The van der Waals surface area contributed by atoms with Gasteiger partial charge < -0.3 is 0 Å². The first-order chi connectivity index (χ1) is 10.2. The molecular weight excluding hydrogens is 304 g/mol. The largest absolute Gasteiger partial charge is 0.295 e. The van der Waals surface area contributed by atoms with Gasteiger partial charge in [-0.3, -0.25) is 29.4 Å². The van der Waals surface area contributed by atoms with Gasteiger partial charge in [0, 0.05) is 16.7 Å². The molecule has 3 rings (SSSR count). The number of fused-ring (bicyclic) bond motifs is 1. The number of carbonyl (C=O) groups excluding carboxylic acids is 4. The molecule has 3 heterocycles. The molecule has 0 radical (unpaired) electrons. The molecule has 0 aromatic carbocycles. The molecule has 1 unspecified atom stereocenters. The van der Waals surface area contributed by atoms with Crippen molar-refractivity contribution in [2.75, 3.05) is 0 Å². The fourth-order valence-electron chi connectivity index (χ4n) is 2.83. The van der Waals surface area contributed by atoms with Crippen LogP contribution in [0.3, 0.4) is 0 Å². The van der Waals surface area contributed by atoms with Crippen LogP contribution in [0.25, 0.3) is 0 Å². The van der Waals surface area contributed by atoms with E-state index in [1.165, 1.54) is 11.3 Å². The maximum atomic E-state index is 12.7. The summed E-state index contributed by atoms with van der Waals surface area (Å²) in [4.78, 5) is 50.3. The van der Waals surface area contributed by atoms with E-state index in [9.17, 15) is 19.2 Å². The number of hydrogen-bond donors (Lipinski definition) is 1. The van der Waals surface area contributed by atoms with Gasteiger partial charge in [0.15, 0.2) is 0 Å². The molecule has 6 nitrogen and oxygen atoms in total. The van der Waals surface area contributed by atoms with Crippen LogP contribution in [0.5, 0.6) is 0 Å². The number of rotatable bonds is 1. The summed E-state index contributed by atoms with van der Waals surface area (Å²) in [6.07, 6.45) is 0.313. The van der Waals surface area contributed by atoms with E-state index in [1.54, 1.807) is 5.38 Å². The highest BCUT2D eigenvalue weighted by molar-refractivity contribution is 7.11. The number of carbonyl (C=O) groups is 4. The summed E-state index contributed by atoms with van der Waals surface area (Å²) in [5, 5.41) is 3.87. The number of nitrogens with zero attached hydrogens (tertiary/aromatic N) is 1. The van der Waals surface area contributed by atoms with Crippen molar-refractivity contribution < 1.29 is 19.2 Å². The molecule has 1 atom stereocenters. The minimum absolute atomic E-state index is 0.131. The Morgan fingerprint density at radius 2 is 1.86 bits per heavy atom. The SMILES string of the molecule is CC(C)(C)c1scc2c1C(=O)N(C1CCC(=O)NC1=O)C2=O. The van der Waals surface area contributed by atoms with Crippen LogP contribution >= 0.6 is 11.3 Å². The number of piperidine rings is 1. The number of imide groups is 2. The average Bonchev–Trinajstić information content (AvgIpc) is 2.93. The summed E-state index contributed by atoms with van der Waals surface area (Å²) in [5.74, 6) is -1.82. The first-order valence-electron chi connectivity index (χ1n) is 7.05. The maximum Gasteiger partial charge on any atom is 0.263 e. The second kappa shape index (κ2) is 4.74. The molecule has 7 heteroatoms. The first kappa shape index (κ1) is 14.9. The van der Waals surface area contributed by atoms with Gasteiger partial charge in [0.1, 0.15) is 6.04 Å². The fraction of sp³-hybridized carbons (Fsp3) is 0.467. The van der Waals surface area contributed by atoms with Crippen molar-refractivity contribution in [2.24, 2.45) is 0 Å². The van der Waals surface area contributed by atoms with Crippen LogP contribution in [-0.4, -0.2) is 34.6 Å². The lowest BCUT2D eigenvalue weighted by Crippen LogP contribution is -2.54. The summed E-state index contributed by atoms with van der Waals surface area (Å²) in [6, 6.07) is -0.900. The van der Waals surface area contributed by atoms with Gasteiger partial charge in [0.2, 0.25) is 11.8 Å². The average molecular weight is 320 g/mol. The molecule has 0 aliphatic carbocycles. The third-order valence-corrected chi connectivity index (χ3v) is 5.28. The molecule has 1 N–H and O–H groups in total. The Balaban J connectivity index is 1.99. The summed E-state index contributed by atoms with van der Waals surface area (Å²) in [5.41, 5.74) is 0.520. The lowest BCUT2D eigenvalue weighted by molar-refractivity contribution is -0.136. The summed E-state index contributed by atoms with van der Waals surface area (Å²) in [7, 11) is 0. The van der Waals surface area contributed by atoms with Crippen molar-refractivity contribution in [2.45, 2.75) is 45.1 Å². The third-order valence-electron chi connectivity index (χ3n) is 3.88. The number of amides is 4. The number of thiophene rings is 1. The van der Waals surface area contributed by atoms with Crippen molar-refractivity contribution in [3.05, 3.63) is 21.4 Å². The molecule has 1 aromatic heterocycles. The molecule has 0 saturated carbocycles. The molecule has 22 heavy (non-hydrogen) atoms. The maximum absolute atomic E-state index is 12.7. The van der Waals surface area contributed by atoms with Crippen molar-refractivity contribution in [3.8, 4) is 0 Å². The van der Waals surface area contributed by atoms with Crippen LogP contribution in [0.15, 0.2) is 5.38 Å². The predicted octanol–water partition coefficient (Wildman–Crippen LogP) is 1.45.